The lowest BCUT2D eigenvalue weighted by Gasteiger charge is -2.36. The molecule has 0 radical (unpaired) electrons. The molecule has 1 rings (SSSR count). The van der Waals surface area contributed by atoms with Gasteiger partial charge in [-0.15, -0.1) is 0 Å². The Morgan fingerprint density at radius 2 is 2.00 bits per heavy atom. The van der Waals surface area contributed by atoms with Crippen LogP contribution in [0.25, 0.3) is 0 Å². The first kappa shape index (κ1) is 11.6. The van der Waals surface area contributed by atoms with Crippen molar-refractivity contribution in [1.82, 2.24) is 4.90 Å². The van der Waals surface area contributed by atoms with Crippen molar-refractivity contribution in [2.75, 3.05) is 13.6 Å². The van der Waals surface area contributed by atoms with E-state index in [1.807, 2.05) is 32.7 Å². The molecule has 0 unspecified atom stereocenters. The first-order chi connectivity index (χ1) is 6.32. The van der Waals surface area contributed by atoms with Gasteiger partial charge in [0.2, 0.25) is 0 Å². The van der Waals surface area contributed by atoms with Crippen LogP contribution >= 0.6 is 0 Å². The number of rotatable bonds is 1. The quantitative estimate of drug-likeness (QED) is 0.647. The summed E-state index contributed by atoms with van der Waals surface area (Å²) >= 11 is 0. The van der Waals surface area contributed by atoms with E-state index in [4.69, 9.17) is 0 Å². The highest BCUT2D eigenvalue weighted by Crippen LogP contribution is 2.26. The molecule has 0 saturated carbocycles. The molecule has 0 amide bonds. The molecule has 1 aliphatic heterocycles. The Labute approximate surface area is 85.5 Å². The molecule has 0 aromatic heterocycles. The van der Waals surface area contributed by atoms with Gasteiger partial charge in [0.1, 0.15) is 6.17 Å². The predicted octanol–water partition coefficient (Wildman–Crippen LogP) is 2.03. The van der Waals surface area contributed by atoms with Gasteiger partial charge in [0.15, 0.2) is 5.78 Å². The van der Waals surface area contributed by atoms with Crippen molar-refractivity contribution in [3.8, 4) is 0 Å². The first-order valence-corrected chi connectivity index (χ1v) is 5.21. The molecule has 82 valence electrons. The fraction of sp³-hybridized carbons (Fsp3) is 0.909. The molecule has 3 heteroatoms. The van der Waals surface area contributed by atoms with Crippen LogP contribution in [0.3, 0.4) is 0 Å². The molecular weight excluding hydrogens is 181 g/mol. The normalized spacial score (nSPS) is 30.4. The zero-order valence-corrected chi connectivity index (χ0v) is 9.51. The Balaban J connectivity index is 2.70. The second kappa shape index (κ2) is 3.97. The van der Waals surface area contributed by atoms with Crippen molar-refractivity contribution < 1.29 is 9.18 Å². The Hall–Kier alpha value is -0.440. The van der Waals surface area contributed by atoms with Crippen LogP contribution < -0.4 is 0 Å². The highest BCUT2D eigenvalue weighted by atomic mass is 19.1. The number of likely N-dealkylation sites (N-methyl/N-ethyl adjacent to an activating group) is 1. The van der Waals surface area contributed by atoms with Crippen LogP contribution in [-0.2, 0) is 4.79 Å². The summed E-state index contributed by atoms with van der Waals surface area (Å²) in [6.07, 6.45) is 0.124. The summed E-state index contributed by atoms with van der Waals surface area (Å²) in [5.41, 5.74) is -0.365. The van der Waals surface area contributed by atoms with E-state index in [-0.39, 0.29) is 17.2 Å². The van der Waals surface area contributed by atoms with Crippen molar-refractivity contribution in [1.29, 1.82) is 0 Å². The number of alkyl halides is 1. The first-order valence-electron chi connectivity index (χ1n) is 5.21. The number of hydrogen-bond donors (Lipinski definition) is 0. The van der Waals surface area contributed by atoms with Gasteiger partial charge in [-0.3, -0.25) is 9.69 Å². The molecule has 0 spiro atoms. The van der Waals surface area contributed by atoms with Gasteiger partial charge in [0.25, 0.3) is 0 Å². The average molecular weight is 201 g/mol. The molecule has 0 aromatic carbocycles. The molecule has 14 heavy (non-hydrogen) atoms. The fourth-order valence-electron chi connectivity index (χ4n) is 1.85. The Morgan fingerprint density at radius 3 is 2.50 bits per heavy atom. The Bertz CT molecular complexity index is 222. The average Bonchev–Trinajstić information content (AvgIpc) is 2.06. The lowest BCUT2D eigenvalue weighted by Crippen LogP contribution is -2.49. The summed E-state index contributed by atoms with van der Waals surface area (Å²) in [5, 5.41) is 0. The number of carbonyl (C=O) groups is 1. The van der Waals surface area contributed by atoms with Crippen molar-refractivity contribution in [3.05, 3.63) is 0 Å². The smallest absolute Gasteiger partial charge is 0.155 e. The maximum Gasteiger partial charge on any atom is 0.155 e. The van der Waals surface area contributed by atoms with E-state index in [1.165, 1.54) is 0 Å². The third-order valence-corrected chi connectivity index (χ3v) is 2.85. The third-order valence-electron chi connectivity index (χ3n) is 2.85. The zero-order valence-electron chi connectivity index (χ0n) is 9.51. The van der Waals surface area contributed by atoms with E-state index in [2.05, 4.69) is 0 Å². The molecule has 1 saturated heterocycles. The number of likely N-dealkylation sites (tertiary alicyclic amines) is 1. The number of hydrogen-bond acceptors (Lipinski definition) is 2. The van der Waals surface area contributed by atoms with Gasteiger partial charge in [-0.2, -0.15) is 0 Å². The van der Waals surface area contributed by atoms with Crippen LogP contribution in [0.1, 0.15) is 33.6 Å². The Morgan fingerprint density at radius 1 is 1.43 bits per heavy atom. The molecule has 0 aliphatic carbocycles. The highest BCUT2D eigenvalue weighted by molar-refractivity contribution is 5.88. The molecule has 0 bridgehead atoms. The maximum absolute atomic E-state index is 13.2. The van der Waals surface area contributed by atoms with E-state index < -0.39 is 6.17 Å². The van der Waals surface area contributed by atoms with Gasteiger partial charge in [-0.05, 0) is 13.5 Å². The maximum atomic E-state index is 13.2. The summed E-state index contributed by atoms with van der Waals surface area (Å²) in [6.45, 7) is 6.37. The fourth-order valence-corrected chi connectivity index (χ4v) is 1.85. The largest absolute Gasteiger partial charge is 0.297 e. The number of carbonyl (C=O) groups excluding carboxylic acids is 1. The van der Waals surface area contributed by atoms with Crippen molar-refractivity contribution in [3.63, 3.8) is 0 Å². The summed E-state index contributed by atoms with van der Waals surface area (Å²) in [7, 11) is 1.90. The van der Waals surface area contributed by atoms with Crippen LogP contribution in [0.15, 0.2) is 0 Å². The van der Waals surface area contributed by atoms with Gasteiger partial charge in [0, 0.05) is 18.4 Å². The van der Waals surface area contributed by atoms with Crippen molar-refractivity contribution in [2.24, 2.45) is 5.41 Å². The minimum Gasteiger partial charge on any atom is -0.297 e. The SMILES string of the molecule is CN1CC[C@@H](F)C[C@H]1C(=O)C(C)(C)C. The van der Waals surface area contributed by atoms with E-state index in [0.717, 1.165) is 0 Å². The number of ketones is 1. The minimum absolute atomic E-state index is 0.155. The second-order valence-electron chi connectivity index (χ2n) is 5.23. The molecule has 1 fully saturated rings. The van der Waals surface area contributed by atoms with Crippen LogP contribution in [0.2, 0.25) is 0 Å². The second-order valence-corrected chi connectivity index (χ2v) is 5.23. The number of piperidine rings is 1. The van der Waals surface area contributed by atoms with Gasteiger partial charge >= 0.3 is 0 Å². The lowest BCUT2D eigenvalue weighted by molar-refractivity contribution is -0.133. The number of halogens is 1. The topological polar surface area (TPSA) is 20.3 Å². The molecule has 0 aromatic rings. The summed E-state index contributed by atoms with van der Waals surface area (Å²) in [5.74, 6) is 0.155. The molecule has 1 heterocycles. The number of nitrogens with zero attached hydrogens (tertiary/aromatic N) is 1. The van der Waals surface area contributed by atoms with E-state index in [9.17, 15) is 9.18 Å². The summed E-state index contributed by atoms with van der Waals surface area (Å²) in [4.78, 5) is 13.9. The van der Waals surface area contributed by atoms with E-state index in [0.29, 0.717) is 19.4 Å². The number of Topliss-reactive ketones (excluding diaryl/α,β-unsaturated/α-hetero) is 1. The Kier molecular flexibility index (Phi) is 3.30. The standard InChI is InChI=1S/C11H20FNO/c1-11(2,3)10(14)9-7-8(12)5-6-13(9)4/h8-9H,5-7H2,1-4H3/t8-,9+/m1/s1. The van der Waals surface area contributed by atoms with Crippen LogP contribution in [0.5, 0.6) is 0 Å². The van der Waals surface area contributed by atoms with Gasteiger partial charge in [0.05, 0.1) is 6.04 Å². The highest BCUT2D eigenvalue weighted by Gasteiger charge is 2.36. The third kappa shape index (κ3) is 2.53. The van der Waals surface area contributed by atoms with Crippen molar-refractivity contribution >= 4 is 5.78 Å². The van der Waals surface area contributed by atoms with Crippen molar-refractivity contribution in [2.45, 2.75) is 45.8 Å². The molecule has 1 aliphatic rings. The zero-order chi connectivity index (χ0) is 10.9. The van der Waals surface area contributed by atoms with Crippen LogP contribution in [0, 0.1) is 5.41 Å². The minimum atomic E-state index is -0.803. The molecule has 2 atom stereocenters. The monoisotopic (exact) mass is 201 g/mol. The van der Waals surface area contributed by atoms with Gasteiger partial charge in [-0.25, -0.2) is 4.39 Å². The summed E-state index contributed by atoms with van der Waals surface area (Å²) < 4.78 is 13.2. The predicted molar refractivity (Wildman–Crippen MR) is 55.0 cm³/mol. The lowest BCUT2D eigenvalue weighted by atomic mass is 9.82. The van der Waals surface area contributed by atoms with Crippen LogP contribution in [0.4, 0.5) is 4.39 Å². The molecular formula is C11H20FNO. The van der Waals surface area contributed by atoms with E-state index in [1.54, 1.807) is 0 Å². The van der Waals surface area contributed by atoms with E-state index >= 15 is 0 Å². The van der Waals surface area contributed by atoms with Gasteiger partial charge in [-0.1, -0.05) is 20.8 Å². The molecule has 2 nitrogen and oxygen atoms in total. The van der Waals surface area contributed by atoms with Gasteiger partial charge < -0.3 is 0 Å². The molecule has 0 N–H and O–H groups in total. The van der Waals surface area contributed by atoms with Crippen LogP contribution in [-0.4, -0.2) is 36.5 Å². The summed E-state index contributed by atoms with van der Waals surface area (Å²) in [6, 6.07) is -0.223.